The molecule has 134 valence electrons. The summed E-state index contributed by atoms with van der Waals surface area (Å²) >= 11 is 0. The van der Waals surface area contributed by atoms with Crippen LogP contribution in [0.3, 0.4) is 0 Å². The minimum Gasteiger partial charge on any atom is -0.366 e. The number of rotatable bonds is 7. The first-order chi connectivity index (χ1) is 11.3. The van der Waals surface area contributed by atoms with Gasteiger partial charge in [0, 0.05) is 19.4 Å². The van der Waals surface area contributed by atoms with Crippen LogP contribution in [0.1, 0.15) is 46.5 Å². The molecule has 1 rings (SSSR count). The molecule has 0 aromatic carbocycles. The molecule has 1 unspecified atom stereocenters. The minimum atomic E-state index is -1.11. The molecular formula is C17H27N3O4. The third-order valence-corrected chi connectivity index (χ3v) is 3.76. The van der Waals surface area contributed by atoms with Crippen LogP contribution >= 0.6 is 0 Å². The van der Waals surface area contributed by atoms with Crippen LogP contribution in [0.2, 0.25) is 0 Å². The van der Waals surface area contributed by atoms with Gasteiger partial charge < -0.3 is 20.5 Å². The lowest BCUT2D eigenvalue weighted by Crippen LogP contribution is -2.51. The first-order valence-corrected chi connectivity index (χ1v) is 8.24. The summed E-state index contributed by atoms with van der Waals surface area (Å²) in [6, 6.07) is 1.51. The molecule has 0 saturated carbocycles. The van der Waals surface area contributed by atoms with Crippen molar-refractivity contribution in [3.63, 3.8) is 0 Å². The second-order valence-electron chi connectivity index (χ2n) is 6.42. The molecule has 0 aromatic rings. The Morgan fingerprint density at radius 2 is 2.08 bits per heavy atom. The number of nitriles is 1. The summed E-state index contributed by atoms with van der Waals surface area (Å²) in [7, 11) is 0. The van der Waals surface area contributed by atoms with Crippen LogP contribution in [0.25, 0.3) is 0 Å². The van der Waals surface area contributed by atoms with Crippen molar-refractivity contribution in [1.29, 1.82) is 5.26 Å². The van der Waals surface area contributed by atoms with Crippen molar-refractivity contribution in [3.05, 3.63) is 11.6 Å². The van der Waals surface area contributed by atoms with E-state index >= 15 is 0 Å². The third kappa shape index (κ3) is 7.57. The topological polar surface area (TPSA) is 111 Å². The SMILES string of the molecule is CC(C)=CCC(=O)NC[C@@H]1CC[C@H](NC(=O)C[C@@H](C)C#N)C(O)O1. The fourth-order valence-electron chi connectivity index (χ4n) is 2.35. The van der Waals surface area contributed by atoms with Gasteiger partial charge in [0.05, 0.1) is 24.1 Å². The largest absolute Gasteiger partial charge is 0.366 e. The van der Waals surface area contributed by atoms with Gasteiger partial charge in [0.1, 0.15) is 0 Å². The molecule has 0 aromatic heterocycles. The highest BCUT2D eigenvalue weighted by atomic mass is 16.6. The summed E-state index contributed by atoms with van der Waals surface area (Å²) in [5, 5.41) is 24.2. The molecule has 0 spiro atoms. The van der Waals surface area contributed by atoms with Crippen LogP contribution in [0, 0.1) is 17.2 Å². The monoisotopic (exact) mass is 337 g/mol. The van der Waals surface area contributed by atoms with E-state index in [1.165, 1.54) is 0 Å². The van der Waals surface area contributed by atoms with Crippen LogP contribution < -0.4 is 10.6 Å². The number of hydrogen-bond acceptors (Lipinski definition) is 5. The van der Waals surface area contributed by atoms with E-state index in [1.54, 1.807) is 6.92 Å². The van der Waals surface area contributed by atoms with Gasteiger partial charge in [-0.1, -0.05) is 11.6 Å². The molecule has 7 nitrogen and oxygen atoms in total. The summed E-state index contributed by atoms with van der Waals surface area (Å²) in [4.78, 5) is 23.4. The number of nitrogens with one attached hydrogen (secondary N) is 2. The zero-order chi connectivity index (χ0) is 18.1. The Labute approximate surface area is 143 Å². The summed E-state index contributed by atoms with van der Waals surface area (Å²) in [6.45, 7) is 5.86. The van der Waals surface area contributed by atoms with Crippen LogP contribution in [-0.2, 0) is 14.3 Å². The van der Waals surface area contributed by atoms with Gasteiger partial charge in [-0.15, -0.1) is 0 Å². The van der Waals surface area contributed by atoms with E-state index in [0.29, 0.717) is 25.8 Å². The maximum atomic E-state index is 11.8. The number of allylic oxidation sites excluding steroid dienone is 1. The van der Waals surface area contributed by atoms with Gasteiger partial charge in [0.15, 0.2) is 6.29 Å². The van der Waals surface area contributed by atoms with Gasteiger partial charge in [0.25, 0.3) is 0 Å². The van der Waals surface area contributed by atoms with E-state index < -0.39 is 12.3 Å². The van der Waals surface area contributed by atoms with Gasteiger partial charge in [-0.2, -0.15) is 5.26 Å². The van der Waals surface area contributed by atoms with Crippen molar-refractivity contribution < 1.29 is 19.4 Å². The van der Waals surface area contributed by atoms with E-state index in [4.69, 9.17) is 10.00 Å². The zero-order valence-electron chi connectivity index (χ0n) is 14.5. The van der Waals surface area contributed by atoms with Crippen LogP contribution in [0.15, 0.2) is 11.6 Å². The van der Waals surface area contributed by atoms with Crippen molar-refractivity contribution in [2.45, 2.75) is 64.9 Å². The molecule has 1 saturated heterocycles. The van der Waals surface area contributed by atoms with Crippen LogP contribution in [-0.4, -0.2) is 41.9 Å². The third-order valence-electron chi connectivity index (χ3n) is 3.76. The number of aliphatic hydroxyl groups is 1. The minimum absolute atomic E-state index is 0.0878. The summed E-state index contributed by atoms with van der Waals surface area (Å²) in [5.41, 5.74) is 1.08. The van der Waals surface area contributed by atoms with Crippen LogP contribution in [0.4, 0.5) is 0 Å². The molecular weight excluding hydrogens is 310 g/mol. The highest BCUT2D eigenvalue weighted by molar-refractivity contribution is 5.77. The molecule has 1 heterocycles. The fraction of sp³-hybridized carbons (Fsp3) is 0.706. The zero-order valence-corrected chi connectivity index (χ0v) is 14.5. The Morgan fingerprint density at radius 3 is 2.67 bits per heavy atom. The van der Waals surface area contributed by atoms with Crippen molar-refractivity contribution in [3.8, 4) is 6.07 Å². The molecule has 2 amide bonds. The maximum Gasteiger partial charge on any atom is 0.223 e. The molecule has 1 aliphatic heterocycles. The summed E-state index contributed by atoms with van der Waals surface area (Å²) in [5.74, 6) is -0.726. The quantitative estimate of drug-likeness (QED) is 0.600. The lowest BCUT2D eigenvalue weighted by atomic mass is 10.0. The Morgan fingerprint density at radius 1 is 1.38 bits per heavy atom. The average Bonchev–Trinajstić information content (AvgIpc) is 2.53. The maximum absolute atomic E-state index is 11.8. The second-order valence-corrected chi connectivity index (χ2v) is 6.42. The first-order valence-electron chi connectivity index (χ1n) is 8.24. The van der Waals surface area contributed by atoms with E-state index in [1.807, 2.05) is 26.0 Å². The molecule has 1 fully saturated rings. The molecule has 0 radical (unpaired) electrons. The molecule has 4 atom stereocenters. The molecule has 3 N–H and O–H groups in total. The molecule has 1 aliphatic rings. The second kappa shape index (κ2) is 10.1. The molecule has 24 heavy (non-hydrogen) atoms. The van der Waals surface area contributed by atoms with Gasteiger partial charge in [-0.3, -0.25) is 9.59 Å². The number of aliphatic hydroxyl groups excluding tert-OH is 1. The fourth-order valence-corrected chi connectivity index (χ4v) is 2.35. The molecule has 0 aliphatic carbocycles. The first kappa shape index (κ1) is 20.1. The van der Waals surface area contributed by atoms with Crippen molar-refractivity contribution in [2.75, 3.05) is 6.54 Å². The van der Waals surface area contributed by atoms with Gasteiger partial charge in [0.2, 0.25) is 11.8 Å². The lowest BCUT2D eigenvalue weighted by molar-refractivity contribution is -0.179. The molecule has 7 heteroatoms. The number of nitrogens with zero attached hydrogens (tertiary/aromatic N) is 1. The van der Waals surface area contributed by atoms with Crippen LogP contribution in [0.5, 0.6) is 0 Å². The lowest BCUT2D eigenvalue weighted by Gasteiger charge is -2.34. The number of ether oxygens (including phenoxy) is 1. The predicted molar refractivity (Wildman–Crippen MR) is 88.5 cm³/mol. The number of amides is 2. The van der Waals surface area contributed by atoms with E-state index in [9.17, 15) is 14.7 Å². The van der Waals surface area contributed by atoms with Gasteiger partial charge in [-0.25, -0.2) is 0 Å². The standard InChI is InChI=1S/C17H27N3O4/c1-11(2)4-7-15(21)19-10-13-5-6-14(17(23)24-13)20-16(22)8-12(3)9-18/h4,12-14,17,23H,5-8,10H2,1-3H3,(H,19,21)(H,20,22)/t12-,13+,14+,17?/m1/s1. The van der Waals surface area contributed by atoms with Crippen molar-refractivity contribution in [1.82, 2.24) is 10.6 Å². The summed E-state index contributed by atoms with van der Waals surface area (Å²) < 4.78 is 5.45. The molecule has 0 bridgehead atoms. The normalized spacial score (nSPS) is 24.4. The highest BCUT2D eigenvalue weighted by Gasteiger charge is 2.31. The number of carbonyl (C=O) groups is 2. The Balaban J connectivity index is 2.32. The van der Waals surface area contributed by atoms with Gasteiger partial charge in [-0.05, 0) is 33.6 Å². The van der Waals surface area contributed by atoms with Crippen molar-refractivity contribution >= 4 is 11.8 Å². The van der Waals surface area contributed by atoms with E-state index in [2.05, 4.69) is 10.6 Å². The average molecular weight is 337 g/mol. The number of hydrogen-bond donors (Lipinski definition) is 3. The Bertz CT molecular complexity index is 508. The summed E-state index contributed by atoms with van der Waals surface area (Å²) in [6.07, 6.45) is 2.07. The Kier molecular flexibility index (Phi) is 8.44. The number of carbonyl (C=O) groups excluding carboxylic acids is 2. The highest BCUT2D eigenvalue weighted by Crippen LogP contribution is 2.18. The predicted octanol–water partition coefficient (Wildman–Crippen LogP) is 0.991. The van der Waals surface area contributed by atoms with E-state index in [-0.39, 0.29) is 30.3 Å². The smallest absolute Gasteiger partial charge is 0.223 e. The van der Waals surface area contributed by atoms with Crippen molar-refractivity contribution in [2.24, 2.45) is 5.92 Å². The van der Waals surface area contributed by atoms with E-state index in [0.717, 1.165) is 5.57 Å². The Hall–Kier alpha value is -1.91. The van der Waals surface area contributed by atoms with Gasteiger partial charge >= 0.3 is 0 Å².